The maximum Gasteiger partial charge on any atom is 0.258 e. The van der Waals surface area contributed by atoms with Crippen molar-refractivity contribution >= 4 is 17.4 Å². The molecule has 0 fully saturated rings. The summed E-state index contributed by atoms with van der Waals surface area (Å²) in [6.07, 6.45) is 3.48. The maximum atomic E-state index is 12.4. The van der Waals surface area contributed by atoms with E-state index in [0.717, 1.165) is 34.5 Å². The summed E-state index contributed by atoms with van der Waals surface area (Å²) in [5, 5.41) is 9.45. The molecule has 8 heteroatoms. The van der Waals surface area contributed by atoms with E-state index < -0.39 is 0 Å². The van der Waals surface area contributed by atoms with E-state index in [0.29, 0.717) is 11.4 Å². The van der Waals surface area contributed by atoms with E-state index in [-0.39, 0.29) is 5.56 Å². The zero-order valence-electron chi connectivity index (χ0n) is 15.0. The molecule has 0 amide bonds. The van der Waals surface area contributed by atoms with Crippen LogP contribution in [-0.4, -0.2) is 29.1 Å². The quantitative estimate of drug-likeness (QED) is 0.497. The van der Waals surface area contributed by atoms with Gasteiger partial charge in [0, 0.05) is 42.0 Å². The van der Waals surface area contributed by atoms with Gasteiger partial charge in [0.25, 0.3) is 5.56 Å². The van der Waals surface area contributed by atoms with Crippen LogP contribution in [0, 0.1) is 6.92 Å². The Bertz CT molecular complexity index is 1150. The molecule has 0 aliphatic rings. The third-order valence-corrected chi connectivity index (χ3v) is 5.25. The van der Waals surface area contributed by atoms with Crippen molar-refractivity contribution in [2.45, 2.75) is 31.3 Å². The van der Waals surface area contributed by atoms with Crippen molar-refractivity contribution in [3.8, 4) is 11.4 Å². The summed E-state index contributed by atoms with van der Waals surface area (Å²) in [5.41, 5.74) is 3.17. The molecule has 27 heavy (non-hydrogen) atoms. The van der Waals surface area contributed by atoms with Crippen LogP contribution in [0.5, 0.6) is 0 Å². The summed E-state index contributed by atoms with van der Waals surface area (Å²) in [4.78, 5) is 21.1. The molecule has 4 aromatic rings. The Morgan fingerprint density at radius 1 is 1.11 bits per heavy atom. The molecule has 0 unspecified atom stereocenters. The third kappa shape index (κ3) is 3.35. The average Bonchev–Trinajstić information content (AvgIpc) is 3.10. The number of aryl methyl sites for hydroxylation is 1. The van der Waals surface area contributed by atoms with Crippen LogP contribution >= 0.6 is 11.8 Å². The van der Waals surface area contributed by atoms with Crippen molar-refractivity contribution in [2.24, 2.45) is 0 Å². The Morgan fingerprint density at radius 3 is 2.70 bits per heavy atom. The first-order valence-electron chi connectivity index (χ1n) is 8.62. The molecule has 7 nitrogen and oxygen atoms in total. The highest BCUT2D eigenvalue weighted by Gasteiger charge is 2.14. The smallest absolute Gasteiger partial charge is 0.258 e. The van der Waals surface area contributed by atoms with Crippen molar-refractivity contribution < 1.29 is 0 Å². The van der Waals surface area contributed by atoms with Gasteiger partial charge in [0.15, 0.2) is 11.0 Å². The number of hydrogen-bond donors (Lipinski definition) is 0. The zero-order valence-corrected chi connectivity index (χ0v) is 15.8. The van der Waals surface area contributed by atoms with Gasteiger partial charge in [0.2, 0.25) is 0 Å². The lowest BCUT2D eigenvalue weighted by molar-refractivity contribution is 0.687. The Kier molecular flexibility index (Phi) is 4.72. The summed E-state index contributed by atoms with van der Waals surface area (Å²) in [5.74, 6) is 1.36. The van der Waals surface area contributed by atoms with Gasteiger partial charge in [0.05, 0.1) is 5.69 Å². The first kappa shape index (κ1) is 17.4. The highest BCUT2D eigenvalue weighted by atomic mass is 32.2. The molecule has 4 rings (SSSR count). The molecule has 4 aromatic heterocycles. The molecule has 0 aliphatic heterocycles. The van der Waals surface area contributed by atoms with Crippen LogP contribution in [0.2, 0.25) is 0 Å². The SMILES string of the molecule is CCn1c(SCc2cc(=O)n3c(C)cccc3n2)nnc1-c1ccncc1. The molecule has 0 spiro atoms. The number of hydrogen-bond acceptors (Lipinski definition) is 6. The van der Waals surface area contributed by atoms with Crippen LogP contribution in [-0.2, 0) is 12.3 Å². The lowest BCUT2D eigenvalue weighted by atomic mass is 10.2. The highest BCUT2D eigenvalue weighted by molar-refractivity contribution is 7.98. The number of fused-ring (bicyclic) bond motifs is 1. The van der Waals surface area contributed by atoms with E-state index in [4.69, 9.17) is 0 Å². The Hall–Kier alpha value is -3.00. The van der Waals surface area contributed by atoms with Crippen LogP contribution < -0.4 is 5.56 Å². The minimum Gasteiger partial charge on any atom is -0.302 e. The first-order chi connectivity index (χ1) is 13.2. The predicted octanol–water partition coefficient (Wildman–Crippen LogP) is 2.97. The molecule has 0 aromatic carbocycles. The monoisotopic (exact) mass is 378 g/mol. The maximum absolute atomic E-state index is 12.4. The zero-order chi connectivity index (χ0) is 18.8. The second-order valence-electron chi connectivity index (χ2n) is 6.02. The lowest BCUT2D eigenvalue weighted by Crippen LogP contribution is -2.17. The highest BCUT2D eigenvalue weighted by Crippen LogP contribution is 2.25. The Labute approximate surface area is 160 Å². The topological polar surface area (TPSA) is 78.0 Å². The van der Waals surface area contributed by atoms with Crippen LogP contribution in [0.15, 0.2) is 58.7 Å². The van der Waals surface area contributed by atoms with Gasteiger partial charge < -0.3 is 4.57 Å². The third-order valence-electron chi connectivity index (χ3n) is 4.25. The summed E-state index contributed by atoms with van der Waals surface area (Å²) >= 11 is 1.52. The average molecular weight is 378 g/mol. The van der Waals surface area contributed by atoms with E-state index >= 15 is 0 Å². The molecule has 4 heterocycles. The minimum atomic E-state index is -0.0665. The van der Waals surface area contributed by atoms with Gasteiger partial charge in [-0.2, -0.15) is 0 Å². The van der Waals surface area contributed by atoms with E-state index in [1.165, 1.54) is 11.8 Å². The predicted molar refractivity (Wildman–Crippen MR) is 105 cm³/mol. The molecular formula is C19H18N6OS. The fraction of sp³-hybridized carbons (Fsp3) is 0.211. The minimum absolute atomic E-state index is 0.0665. The fourth-order valence-corrected chi connectivity index (χ4v) is 3.87. The Balaban J connectivity index is 1.62. The molecule has 136 valence electrons. The number of aromatic nitrogens is 6. The first-order valence-corrected chi connectivity index (χ1v) is 9.60. The lowest BCUT2D eigenvalue weighted by Gasteiger charge is -2.08. The second-order valence-corrected chi connectivity index (χ2v) is 6.96. The molecule has 0 saturated carbocycles. The van der Waals surface area contributed by atoms with Crippen LogP contribution in [0.3, 0.4) is 0 Å². The van der Waals surface area contributed by atoms with E-state index in [1.807, 2.05) is 37.3 Å². The number of pyridine rings is 2. The number of rotatable bonds is 5. The fourth-order valence-electron chi connectivity index (χ4n) is 2.97. The Morgan fingerprint density at radius 2 is 1.93 bits per heavy atom. The van der Waals surface area contributed by atoms with Gasteiger partial charge in [-0.3, -0.25) is 14.2 Å². The summed E-state index contributed by atoms with van der Waals surface area (Å²) < 4.78 is 3.67. The molecule has 0 bridgehead atoms. The van der Waals surface area contributed by atoms with Crippen molar-refractivity contribution in [3.05, 3.63) is 70.5 Å². The summed E-state index contributed by atoms with van der Waals surface area (Å²) in [6, 6.07) is 11.1. The van der Waals surface area contributed by atoms with Gasteiger partial charge in [0.1, 0.15) is 5.65 Å². The van der Waals surface area contributed by atoms with Crippen LogP contribution in [0.1, 0.15) is 18.3 Å². The van der Waals surface area contributed by atoms with Crippen molar-refractivity contribution in [1.82, 2.24) is 29.1 Å². The summed E-state index contributed by atoms with van der Waals surface area (Å²) in [7, 11) is 0. The molecule has 0 radical (unpaired) electrons. The molecule has 0 aliphatic carbocycles. The summed E-state index contributed by atoms with van der Waals surface area (Å²) in [6.45, 7) is 4.70. The number of nitrogens with zero attached hydrogens (tertiary/aromatic N) is 6. The van der Waals surface area contributed by atoms with Gasteiger partial charge in [-0.1, -0.05) is 17.8 Å². The van der Waals surface area contributed by atoms with Crippen molar-refractivity contribution in [3.63, 3.8) is 0 Å². The normalized spacial score (nSPS) is 11.2. The molecular weight excluding hydrogens is 360 g/mol. The van der Waals surface area contributed by atoms with Gasteiger partial charge in [-0.15, -0.1) is 10.2 Å². The van der Waals surface area contributed by atoms with Crippen molar-refractivity contribution in [2.75, 3.05) is 0 Å². The van der Waals surface area contributed by atoms with E-state index in [9.17, 15) is 4.79 Å². The molecule has 0 saturated heterocycles. The van der Waals surface area contributed by atoms with Crippen LogP contribution in [0.4, 0.5) is 0 Å². The van der Waals surface area contributed by atoms with Gasteiger partial charge >= 0.3 is 0 Å². The van der Waals surface area contributed by atoms with Crippen LogP contribution in [0.25, 0.3) is 17.0 Å². The largest absolute Gasteiger partial charge is 0.302 e. The standard InChI is InChI=1S/C19H18N6OS/c1-3-24-18(14-7-9-20-10-8-14)22-23-19(24)27-12-15-11-17(26)25-13(2)5-4-6-16(25)21-15/h4-11H,3,12H2,1-2H3. The van der Waals surface area contributed by atoms with Gasteiger partial charge in [-0.05, 0) is 38.1 Å². The van der Waals surface area contributed by atoms with Crippen molar-refractivity contribution in [1.29, 1.82) is 0 Å². The number of thioether (sulfide) groups is 1. The molecule has 0 N–H and O–H groups in total. The van der Waals surface area contributed by atoms with E-state index in [1.54, 1.807) is 22.9 Å². The van der Waals surface area contributed by atoms with Gasteiger partial charge in [-0.25, -0.2) is 4.98 Å². The second kappa shape index (κ2) is 7.32. The van der Waals surface area contributed by atoms with E-state index in [2.05, 4.69) is 31.7 Å². The molecule has 0 atom stereocenters.